The van der Waals surface area contributed by atoms with Crippen molar-refractivity contribution < 1.29 is 9.53 Å². The van der Waals surface area contributed by atoms with Crippen LogP contribution in [0.25, 0.3) is 0 Å². The molecule has 0 radical (unpaired) electrons. The molecule has 1 unspecified atom stereocenters. The zero-order valence-corrected chi connectivity index (χ0v) is 13.6. The molecule has 0 spiro atoms. The second-order valence-electron chi connectivity index (χ2n) is 5.56. The van der Waals surface area contributed by atoms with E-state index in [0.717, 1.165) is 5.56 Å². The second kappa shape index (κ2) is 7.46. The lowest BCUT2D eigenvalue weighted by Crippen LogP contribution is -2.31. The lowest BCUT2D eigenvalue weighted by Gasteiger charge is -2.16. The Morgan fingerprint density at radius 2 is 2.00 bits per heavy atom. The van der Waals surface area contributed by atoms with Crippen LogP contribution in [0.2, 0.25) is 0 Å². The molecule has 23 heavy (non-hydrogen) atoms. The maximum atomic E-state index is 12.0. The highest BCUT2D eigenvalue weighted by Gasteiger charge is 2.11. The van der Waals surface area contributed by atoms with E-state index >= 15 is 0 Å². The van der Waals surface area contributed by atoms with Crippen molar-refractivity contribution in [1.29, 1.82) is 5.26 Å². The van der Waals surface area contributed by atoms with E-state index < -0.39 is 0 Å². The highest BCUT2D eigenvalue weighted by molar-refractivity contribution is 5.78. The third-order valence-electron chi connectivity index (χ3n) is 3.74. The highest BCUT2D eigenvalue weighted by atomic mass is 16.5. The van der Waals surface area contributed by atoms with Crippen LogP contribution in [0.5, 0.6) is 5.75 Å². The Balaban J connectivity index is 1.91. The summed E-state index contributed by atoms with van der Waals surface area (Å²) in [5.41, 5.74) is 4.00. The summed E-state index contributed by atoms with van der Waals surface area (Å²) in [6.07, 6.45) is 0. The fourth-order valence-corrected chi connectivity index (χ4v) is 2.20. The van der Waals surface area contributed by atoms with Crippen molar-refractivity contribution in [3.8, 4) is 11.8 Å². The Morgan fingerprint density at radius 1 is 1.22 bits per heavy atom. The average molecular weight is 308 g/mol. The van der Waals surface area contributed by atoms with E-state index in [-0.39, 0.29) is 18.6 Å². The maximum Gasteiger partial charge on any atom is 0.258 e. The van der Waals surface area contributed by atoms with Crippen molar-refractivity contribution >= 4 is 5.91 Å². The van der Waals surface area contributed by atoms with E-state index in [2.05, 4.69) is 31.3 Å². The van der Waals surface area contributed by atoms with Crippen LogP contribution >= 0.6 is 0 Å². The Bertz CT molecular complexity index is 747. The number of carbonyl (C=O) groups excluding carboxylic acids is 1. The molecule has 1 atom stereocenters. The Hall–Kier alpha value is -2.80. The van der Waals surface area contributed by atoms with E-state index in [1.807, 2.05) is 19.1 Å². The van der Waals surface area contributed by atoms with Gasteiger partial charge < -0.3 is 10.1 Å². The number of nitriles is 1. The van der Waals surface area contributed by atoms with Crippen LogP contribution in [0.4, 0.5) is 0 Å². The number of hydrogen-bond donors (Lipinski definition) is 1. The van der Waals surface area contributed by atoms with Crippen LogP contribution in [0.1, 0.15) is 35.2 Å². The second-order valence-corrected chi connectivity index (χ2v) is 5.56. The van der Waals surface area contributed by atoms with Crippen LogP contribution in [0.3, 0.4) is 0 Å². The number of nitrogens with zero attached hydrogens (tertiary/aromatic N) is 1. The third kappa shape index (κ3) is 4.58. The molecule has 0 aliphatic heterocycles. The van der Waals surface area contributed by atoms with Crippen LogP contribution in [0, 0.1) is 25.2 Å². The van der Waals surface area contributed by atoms with Crippen molar-refractivity contribution in [3.05, 3.63) is 64.7 Å². The van der Waals surface area contributed by atoms with E-state index in [1.165, 1.54) is 11.1 Å². The first-order valence-corrected chi connectivity index (χ1v) is 7.49. The molecule has 1 N–H and O–H groups in total. The Labute approximate surface area is 136 Å². The van der Waals surface area contributed by atoms with Crippen molar-refractivity contribution in [2.24, 2.45) is 0 Å². The van der Waals surface area contributed by atoms with Gasteiger partial charge in [-0.05, 0) is 55.7 Å². The maximum absolute atomic E-state index is 12.0. The normalized spacial score (nSPS) is 11.4. The first-order valence-electron chi connectivity index (χ1n) is 7.49. The molecule has 2 aromatic carbocycles. The fourth-order valence-electron chi connectivity index (χ4n) is 2.20. The third-order valence-corrected chi connectivity index (χ3v) is 3.74. The van der Waals surface area contributed by atoms with Gasteiger partial charge in [-0.25, -0.2) is 0 Å². The molecule has 4 nitrogen and oxygen atoms in total. The number of benzene rings is 2. The summed E-state index contributed by atoms with van der Waals surface area (Å²) in [4.78, 5) is 12.0. The molecule has 0 heterocycles. The summed E-state index contributed by atoms with van der Waals surface area (Å²) < 4.78 is 5.43. The molecular weight excluding hydrogens is 288 g/mol. The monoisotopic (exact) mass is 308 g/mol. The molecule has 0 saturated carbocycles. The largest absolute Gasteiger partial charge is 0.484 e. The van der Waals surface area contributed by atoms with Gasteiger partial charge in [0.15, 0.2) is 6.61 Å². The summed E-state index contributed by atoms with van der Waals surface area (Å²) in [5, 5.41) is 11.8. The predicted octanol–water partition coefficient (Wildman–Crippen LogP) is 3.43. The molecule has 0 aliphatic rings. The topological polar surface area (TPSA) is 62.1 Å². The zero-order valence-electron chi connectivity index (χ0n) is 13.6. The van der Waals surface area contributed by atoms with Crippen molar-refractivity contribution in [3.63, 3.8) is 0 Å². The Morgan fingerprint density at radius 3 is 2.70 bits per heavy atom. The summed E-state index contributed by atoms with van der Waals surface area (Å²) in [6, 6.07) is 14.9. The van der Waals surface area contributed by atoms with Crippen LogP contribution in [0.15, 0.2) is 42.5 Å². The van der Waals surface area contributed by atoms with Gasteiger partial charge in [0.05, 0.1) is 17.7 Å². The van der Waals surface area contributed by atoms with Gasteiger partial charge in [-0.1, -0.05) is 24.3 Å². The summed E-state index contributed by atoms with van der Waals surface area (Å²) in [6.45, 7) is 5.98. The van der Waals surface area contributed by atoms with Gasteiger partial charge in [-0.15, -0.1) is 0 Å². The van der Waals surface area contributed by atoms with Gasteiger partial charge in [-0.2, -0.15) is 5.26 Å². The van der Waals surface area contributed by atoms with Gasteiger partial charge in [0.25, 0.3) is 5.91 Å². The number of carbonyl (C=O) groups is 1. The van der Waals surface area contributed by atoms with Crippen molar-refractivity contribution in [2.75, 3.05) is 6.61 Å². The van der Waals surface area contributed by atoms with Gasteiger partial charge >= 0.3 is 0 Å². The lowest BCUT2D eigenvalue weighted by atomic mass is 10.0. The van der Waals surface area contributed by atoms with Gasteiger partial charge in [0, 0.05) is 0 Å². The molecule has 4 heteroatoms. The molecular formula is C19H20N2O2. The Kier molecular flexibility index (Phi) is 5.37. The first kappa shape index (κ1) is 16.6. The van der Waals surface area contributed by atoms with E-state index in [1.54, 1.807) is 24.3 Å². The lowest BCUT2D eigenvalue weighted by molar-refractivity contribution is -0.123. The molecule has 0 fully saturated rings. The first-order chi connectivity index (χ1) is 11.0. The SMILES string of the molecule is Cc1ccc(C(C)NC(=O)COc2cccc(C#N)c2)cc1C. The molecule has 0 saturated heterocycles. The summed E-state index contributed by atoms with van der Waals surface area (Å²) in [5.74, 6) is 0.316. The molecule has 0 aromatic heterocycles. The molecule has 1 amide bonds. The number of ether oxygens (including phenoxy) is 1. The van der Waals surface area contributed by atoms with E-state index in [9.17, 15) is 4.79 Å². The number of aryl methyl sites for hydroxylation is 2. The van der Waals surface area contributed by atoms with Crippen molar-refractivity contribution in [1.82, 2.24) is 5.32 Å². The van der Waals surface area contributed by atoms with Crippen LogP contribution in [-0.4, -0.2) is 12.5 Å². The molecule has 2 aromatic rings. The standard InChI is InChI=1S/C19H20N2O2/c1-13-7-8-17(9-14(13)2)15(3)21-19(22)12-23-18-6-4-5-16(10-18)11-20/h4-10,15H,12H2,1-3H3,(H,21,22). The number of amides is 1. The molecule has 0 aliphatic carbocycles. The van der Waals surface area contributed by atoms with Gasteiger partial charge in [0.2, 0.25) is 0 Å². The molecule has 2 rings (SSSR count). The minimum atomic E-state index is -0.196. The van der Waals surface area contributed by atoms with Gasteiger partial charge in [0.1, 0.15) is 5.75 Å². The van der Waals surface area contributed by atoms with Crippen LogP contribution < -0.4 is 10.1 Å². The van der Waals surface area contributed by atoms with E-state index in [0.29, 0.717) is 11.3 Å². The predicted molar refractivity (Wildman–Crippen MR) is 89.1 cm³/mol. The van der Waals surface area contributed by atoms with Crippen LogP contribution in [-0.2, 0) is 4.79 Å². The quantitative estimate of drug-likeness (QED) is 0.920. The van der Waals surface area contributed by atoms with E-state index in [4.69, 9.17) is 10.00 Å². The number of rotatable bonds is 5. The fraction of sp³-hybridized carbons (Fsp3) is 0.263. The molecule has 0 bridgehead atoms. The van der Waals surface area contributed by atoms with Gasteiger partial charge in [-0.3, -0.25) is 4.79 Å². The number of nitrogens with one attached hydrogen (secondary N) is 1. The minimum absolute atomic E-state index is 0.0793. The average Bonchev–Trinajstić information content (AvgIpc) is 2.55. The minimum Gasteiger partial charge on any atom is -0.484 e. The number of hydrogen-bond acceptors (Lipinski definition) is 3. The zero-order chi connectivity index (χ0) is 16.8. The summed E-state index contributed by atoms with van der Waals surface area (Å²) in [7, 11) is 0. The summed E-state index contributed by atoms with van der Waals surface area (Å²) >= 11 is 0. The highest BCUT2D eigenvalue weighted by Crippen LogP contribution is 2.17. The van der Waals surface area contributed by atoms with Crippen molar-refractivity contribution in [2.45, 2.75) is 26.8 Å². The molecule has 118 valence electrons. The smallest absolute Gasteiger partial charge is 0.258 e.